The summed E-state index contributed by atoms with van der Waals surface area (Å²) in [5.74, 6) is 3.23. The number of aliphatic imine (C=N–C) groups is 1. The molecule has 4 rings (SSSR count). The van der Waals surface area contributed by atoms with E-state index < -0.39 is 0 Å². The van der Waals surface area contributed by atoms with Crippen molar-refractivity contribution >= 4 is 46.8 Å². The lowest BCUT2D eigenvalue weighted by atomic mass is 10.1. The SMILES string of the molecule is CCNC(=NCc1ccc(C)cc1OCC1CC1)NCCNc1ncnc2c1cnn2C.I. The van der Waals surface area contributed by atoms with E-state index in [-0.39, 0.29) is 24.0 Å². The molecule has 3 N–H and O–H groups in total. The van der Waals surface area contributed by atoms with Crippen LogP contribution in [-0.2, 0) is 13.6 Å². The van der Waals surface area contributed by atoms with E-state index in [1.165, 1.54) is 18.4 Å². The van der Waals surface area contributed by atoms with Gasteiger partial charge in [0, 0.05) is 32.2 Å². The Bertz CT molecular complexity index is 1080. The number of anilines is 1. The Hall–Kier alpha value is -2.63. The van der Waals surface area contributed by atoms with Gasteiger partial charge in [0.15, 0.2) is 11.6 Å². The van der Waals surface area contributed by atoms with E-state index in [0.29, 0.717) is 19.6 Å². The minimum absolute atomic E-state index is 0. The Morgan fingerprint density at radius 2 is 2.06 bits per heavy atom. The molecule has 1 saturated carbocycles. The van der Waals surface area contributed by atoms with Gasteiger partial charge >= 0.3 is 0 Å². The minimum atomic E-state index is 0. The van der Waals surface area contributed by atoms with Crippen LogP contribution in [0.15, 0.2) is 35.7 Å². The van der Waals surface area contributed by atoms with Gasteiger partial charge in [-0.3, -0.25) is 4.68 Å². The molecular formula is C23H33IN8O. The second-order valence-electron chi connectivity index (χ2n) is 8.14. The average Bonchev–Trinajstić information content (AvgIpc) is 3.55. The fourth-order valence-electron chi connectivity index (χ4n) is 3.39. The van der Waals surface area contributed by atoms with Gasteiger partial charge in [-0.25, -0.2) is 15.0 Å². The molecule has 2 aromatic heterocycles. The summed E-state index contributed by atoms with van der Waals surface area (Å²) in [6.07, 6.45) is 5.89. The molecule has 0 radical (unpaired) electrons. The molecule has 1 aliphatic carbocycles. The summed E-state index contributed by atoms with van der Waals surface area (Å²) in [4.78, 5) is 13.4. The van der Waals surface area contributed by atoms with Gasteiger partial charge in [-0.05, 0) is 44.2 Å². The number of aromatic nitrogens is 4. The first-order chi connectivity index (χ1) is 15.6. The number of halogens is 1. The highest BCUT2D eigenvalue weighted by Gasteiger charge is 2.22. The Labute approximate surface area is 211 Å². The highest BCUT2D eigenvalue weighted by Crippen LogP contribution is 2.31. The van der Waals surface area contributed by atoms with Gasteiger partial charge in [0.1, 0.15) is 17.9 Å². The number of nitrogens with one attached hydrogen (secondary N) is 3. The average molecular weight is 564 g/mol. The number of fused-ring (bicyclic) bond motifs is 1. The third-order valence-corrected chi connectivity index (χ3v) is 5.39. The second-order valence-corrected chi connectivity index (χ2v) is 8.14. The molecule has 0 atom stereocenters. The van der Waals surface area contributed by atoms with E-state index in [2.05, 4.69) is 63.1 Å². The van der Waals surface area contributed by atoms with Crippen LogP contribution in [0.1, 0.15) is 30.9 Å². The van der Waals surface area contributed by atoms with Crippen LogP contribution in [0.5, 0.6) is 5.75 Å². The van der Waals surface area contributed by atoms with E-state index in [9.17, 15) is 0 Å². The van der Waals surface area contributed by atoms with E-state index in [4.69, 9.17) is 9.73 Å². The summed E-state index contributed by atoms with van der Waals surface area (Å²) in [5, 5.41) is 15.2. The fraction of sp³-hybridized carbons (Fsp3) is 0.478. The minimum Gasteiger partial charge on any atom is -0.493 e. The first kappa shape index (κ1) is 25.0. The lowest BCUT2D eigenvalue weighted by Crippen LogP contribution is -2.39. The molecule has 178 valence electrons. The Balaban J connectivity index is 0.00000306. The molecule has 0 saturated heterocycles. The summed E-state index contributed by atoms with van der Waals surface area (Å²) in [5.41, 5.74) is 3.11. The molecule has 0 unspecified atom stereocenters. The fourth-order valence-corrected chi connectivity index (χ4v) is 3.39. The monoisotopic (exact) mass is 564 g/mol. The van der Waals surface area contributed by atoms with Crippen molar-refractivity contribution in [3.05, 3.63) is 41.9 Å². The molecule has 0 spiro atoms. The molecule has 9 nitrogen and oxygen atoms in total. The van der Waals surface area contributed by atoms with Crippen molar-refractivity contribution in [3.63, 3.8) is 0 Å². The number of rotatable bonds is 10. The summed E-state index contributed by atoms with van der Waals surface area (Å²) in [7, 11) is 1.87. The van der Waals surface area contributed by atoms with Crippen molar-refractivity contribution in [1.82, 2.24) is 30.4 Å². The first-order valence-corrected chi connectivity index (χ1v) is 11.2. The molecule has 3 aromatic rings. The van der Waals surface area contributed by atoms with E-state index in [1.807, 2.05) is 7.05 Å². The zero-order chi connectivity index (χ0) is 22.3. The van der Waals surface area contributed by atoms with Gasteiger partial charge in [0.25, 0.3) is 0 Å². The van der Waals surface area contributed by atoms with Crippen molar-refractivity contribution in [2.75, 3.05) is 31.6 Å². The Kier molecular flexibility index (Phi) is 9.10. The second kappa shape index (κ2) is 12.0. The quantitative estimate of drug-likeness (QED) is 0.151. The number of benzene rings is 1. The Morgan fingerprint density at radius 1 is 1.21 bits per heavy atom. The molecular weight excluding hydrogens is 531 g/mol. The van der Waals surface area contributed by atoms with Gasteiger partial charge < -0.3 is 20.7 Å². The van der Waals surface area contributed by atoms with Crippen LogP contribution < -0.4 is 20.7 Å². The standard InChI is InChI=1S/C23H32N8O.HI/c1-4-24-23(26-10-9-25-21-19-13-30-31(3)22(19)29-15-28-21)27-12-18-8-5-16(2)11-20(18)32-14-17-6-7-17;/h5,8,11,13,15,17H,4,6-7,9-10,12,14H2,1-3H3,(H2,24,26,27)(H,25,28,29);1H. The van der Waals surface area contributed by atoms with Crippen molar-refractivity contribution in [3.8, 4) is 5.75 Å². The van der Waals surface area contributed by atoms with Crippen molar-refractivity contribution < 1.29 is 4.74 Å². The maximum Gasteiger partial charge on any atom is 0.191 e. The van der Waals surface area contributed by atoms with Gasteiger partial charge in [-0.1, -0.05) is 12.1 Å². The van der Waals surface area contributed by atoms with Crippen molar-refractivity contribution in [2.24, 2.45) is 18.0 Å². The Morgan fingerprint density at radius 3 is 2.85 bits per heavy atom. The van der Waals surface area contributed by atoms with Crippen LogP contribution in [-0.4, -0.2) is 51.9 Å². The number of hydrogen-bond acceptors (Lipinski definition) is 6. The number of hydrogen-bond donors (Lipinski definition) is 3. The van der Waals surface area contributed by atoms with Gasteiger partial charge in [-0.2, -0.15) is 5.10 Å². The predicted octanol–water partition coefficient (Wildman–Crippen LogP) is 3.25. The summed E-state index contributed by atoms with van der Waals surface area (Å²) in [6, 6.07) is 6.33. The van der Waals surface area contributed by atoms with Crippen molar-refractivity contribution in [1.29, 1.82) is 0 Å². The van der Waals surface area contributed by atoms with Gasteiger partial charge in [0.2, 0.25) is 0 Å². The van der Waals surface area contributed by atoms with Crippen LogP contribution in [0.3, 0.4) is 0 Å². The van der Waals surface area contributed by atoms with Crippen LogP contribution in [0.25, 0.3) is 11.0 Å². The third kappa shape index (κ3) is 6.92. The summed E-state index contributed by atoms with van der Waals surface area (Å²) < 4.78 is 7.82. The first-order valence-electron chi connectivity index (χ1n) is 11.2. The van der Waals surface area contributed by atoms with E-state index >= 15 is 0 Å². The maximum absolute atomic E-state index is 6.08. The van der Waals surface area contributed by atoms with Crippen LogP contribution in [0.4, 0.5) is 5.82 Å². The smallest absolute Gasteiger partial charge is 0.191 e. The van der Waals surface area contributed by atoms with Crippen LogP contribution >= 0.6 is 24.0 Å². The van der Waals surface area contributed by atoms with Gasteiger partial charge in [-0.15, -0.1) is 24.0 Å². The highest BCUT2D eigenvalue weighted by atomic mass is 127. The number of ether oxygens (including phenoxy) is 1. The third-order valence-electron chi connectivity index (χ3n) is 5.39. The lowest BCUT2D eigenvalue weighted by Gasteiger charge is -2.14. The maximum atomic E-state index is 6.08. The normalized spacial score (nSPS) is 13.5. The van der Waals surface area contributed by atoms with Crippen LogP contribution in [0.2, 0.25) is 0 Å². The number of guanidine groups is 1. The number of aryl methyl sites for hydroxylation is 2. The molecule has 1 aliphatic rings. The van der Waals surface area contributed by atoms with E-state index in [0.717, 1.165) is 53.2 Å². The predicted molar refractivity (Wildman–Crippen MR) is 142 cm³/mol. The van der Waals surface area contributed by atoms with Crippen molar-refractivity contribution in [2.45, 2.75) is 33.2 Å². The molecule has 1 aromatic carbocycles. The van der Waals surface area contributed by atoms with Gasteiger partial charge in [0.05, 0.1) is 24.7 Å². The molecule has 10 heteroatoms. The molecule has 0 aliphatic heterocycles. The zero-order valence-electron chi connectivity index (χ0n) is 19.5. The van der Waals surface area contributed by atoms with E-state index in [1.54, 1.807) is 17.2 Å². The lowest BCUT2D eigenvalue weighted by molar-refractivity contribution is 0.296. The number of nitrogens with zero attached hydrogens (tertiary/aromatic N) is 5. The molecule has 0 amide bonds. The molecule has 2 heterocycles. The zero-order valence-corrected chi connectivity index (χ0v) is 21.8. The topological polar surface area (TPSA) is 101 Å². The summed E-state index contributed by atoms with van der Waals surface area (Å²) >= 11 is 0. The summed E-state index contributed by atoms with van der Waals surface area (Å²) in [6.45, 7) is 7.68. The molecule has 33 heavy (non-hydrogen) atoms. The highest BCUT2D eigenvalue weighted by molar-refractivity contribution is 14.0. The largest absolute Gasteiger partial charge is 0.493 e. The molecule has 0 bridgehead atoms. The van der Waals surface area contributed by atoms with Crippen LogP contribution in [0, 0.1) is 12.8 Å². The molecule has 1 fully saturated rings.